The largest absolute Gasteiger partial charge is 0.353 e. The van der Waals surface area contributed by atoms with E-state index in [0.29, 0.717) is 24.7 Å². The Labute approximate surface area is 203 Å². The van der Waals surface area contributed by atoms with Crippen molar-refractivity contribution in [3.8, 4) is 0 Å². The third-order valence-electron chi connectivity index (χ3n) is 6.60. The first kappa shape index (κ1) is 23.2. The topological polar surface area (TPSA) is 147 Å². The van der Waals surface area contributed by atoms with Crippen molar-refractivity contribution >= 4 is 32.8 Å². The minimum atomic E-state index is -3.34. The maximum Gasteiger partial charge on any atom is 0.353 e. The second-order valence-corrected chi connectivity index (χ2v) is 11.3. The molecule has 12 heteroatoms. The van der Waals surface area contributed by atoms with Gasteiger partial charge in [0, 0.05) is 36.6 Å². The summed E-state index contributed by atoms with van der Waals surface area (Å²) in [6.07, 6.45) is 7.74. The number of aromatic amines is 1. The Morgan fingerprint density at radius 1 is 1.14 bits per heavy atom. The fourth-order valence-electron chi connectivity index (χ4n) is 4.50. The molecule has 1 aromatic carbocycles. The molecule has 1 saturated carbocycles. The predicted octanol–water partition coefficient (Wildman–Crippen LogP) is 3.59. The highest BCUT2D eigenvalue weighted by Crippen LogP contribution is 2.37. The number of benzene rings is 1. The molecular weight excluding hydrogens is 470 g/mol. The van der Waals surface area contributed by atoms with Crippen molar-refractivity contribution in [2.24, 2.45) is 5.92 Å². The molecule has 5 rings (SSSR count). The molecule has 0 radical (unpaired) electrons. The number of piperidine rings is 1. The van der Waals surface area contributed by atoms with E-state index < -0.39 is 14.8 Å². The summed E-state index contributed by atoms with van der Waals surface area (Å²) in [5, 5.41) is 22.6. The lowest BCUT2D eigenvalue weighted by molar-refractivity contribution is -0.383. The van der Waals surface area contributed by atoms with Gasteiger partial charge in [-0.25, -0.2) is 18.4 Å². The van der Waals surface area contributed by atoms with Crippen LogP contribution in [0.5, 0.6) is 0 Å². The van der Waals surface area contributed by atoms with Gasteiger partial charge in [-0.3, -0.25) is 15.2 Å². The first-order chi connectivity index (χ1) is 16.8. The lowest BCUT2D eigenvalue weighted by atomic mass is 9.93. The smallest absolute Gasteiger partial charge is 0.351 e. The molecule has 0 atom stereocenters. The van der Waals surface area contributed by atoms with Crippen LogP contribution in [-0.2, 0) is 16.3 Å². The van der Waals surface area contributed by atoms with E-state index in [4.69, 9.17) is 0 Å². The minimum Gasteiger partial charge on any atom is -0.351 e. The Kier molecular flexibility index (Phi) is 6.13. The van der Waals surface area contributed by atoms with Crippen LogP contribution in [-0.4, -0.2) is 52.9 Å². The SMILES string of the molecule is CS(=O)(=O)c1ccc(Nc2ncnc(N3CCC(c4cc(CC5CC5)[nH]n4)CC3)c2[N+](=O)[O-])cc1. The van der Waals surface area contributed by atoms with Crippen molar-refractivity contribution in [3.63, 3.8) is 0 Å². The molecule has 1 saturated heterocycles. The molecule has 0 bridgehead atoms. The number of aromatic nitrogens is 4. The van der Waals surface area contributed by atoms with Crippen LogP contribution in [0.2, 0.25) is 0 Å². The van der Waals surface area contributed by atoms with Gasteiger partial charge in [0.05, 0.1) is 15.5 Å². The zero-order chi connectivity index (χ0) is 24.6. The summed E-state index contributed by atoms with van der Waals surface area (Å²) in [4.78, 5) is 22.0. The highest BCUT2D eigenvalue weighted by Gasteiger charge is 2.31. The summed E-state index contributed by atoms with van der Waals surface area (Å²) in [5.74, 6) is 1.44. The van der Waals surface area contributed by atoms with E-state index in [9.17, 15) is 18.5 Å². The zero-order valence-electron chi connectivity index (χ0n) is 19.3. The van der Waals surface area contributed by atoms with E-state index in [1.54, 1.807) is 12.1 Å². The number of nitrogens with zero attached hydrogens (tertiary/aromatic N) is 5. The normalized spacial score (nSPS) is 16.9. The van der Waals surface area contributed by atoms with Gasteiger partial charge < -0.3 is 10.2 Å². The number of sulfone groups is 1. The number of hydrogen-bond acceptors (Lipinski definition) is 9. The van der Waals surface area contributed by atoms with E-state index in [2.05, 4.69) is 31.5 Å². The summed E-state index contributed by atoms with van der Waals surface area (Å²) < 4.78 is 23.4. The van der Waals surface area contributed by atoms with Gasteiger partial charge in [-0.05, 0) is 68.4 Å². The van der Waals surface area contributed by atoms with Crippen molar-refractivity contribution in [1.82, 2.24) is 20.2 Å². The van der Waals surface area contributed by atoms with Crippen LogP contribution in [0.4, 0.5) is 23.0 Å². The van der Waals surface area contributed by atoms with Gasteiger partial charge in [0.15, 0.2) is 9.84 Å². The molecule has 3 aromatic rings. The molecule has 2 N–H and O–H groups in total. The first-order valence-electron chi connectivity index (χ1n) is 11.6. The Hall–Kier alpha value is -3.54. The standard InChI is InChI=1S/C23H27N7O4S/c1-35(33,34)19-6-4-17(5-7-19)26-22-21(30(31)32)23(25-14-24-22)29-10-8-16(9-11-29)20-13-18(27-28-20)12-15-2-3-15/h4-7,13-16H,2-3,8-12H2,1H3,(H,27,28)(H,24,25,26). The van der Waals surface area contributed by atoms with Crippen molar-refractivity contribution in [2.45, 2.75) is 42.9 Å². The third-order valence-corrected chi connectivity index (χ3v) is 7.73. The second kappa shape index (κ2) is 9.25. The van der Waals surface area contributed by atoms with Crippen molar-refractivity contribution < 1.29 is 13.3 Å². The van der Waals surface area contributed by atoms with Gasteiger partial charge in [-0.15, -0.1) is 0 Å². The van der Waals surface area contributed by atoms with E-state index in [1.165, 1.54) is 37.0 Å². The molecule has 0 amide bonds. The van der Waals surface area contributed by atoms with Crippen LogP contribution in [0.25, 0.3) is 0 Å². The van der Waals surface area contributed by atoms with Crippen LogP contribution in [0.1, 0.15) is 43.0 Å². The molecule has 0 spiro atoms. The monoisotopic (exact) mass is 497 g/mol. The zero-order valence-corrected chi connectivity index (χ0v) is 20.2. The summed E-state index contributed by atoms with van der Waals surface area (Å²) in [7, 11) is -3.34. The highest BCUT2D eigenvalue weighted by molar-refractivity contribution is 7.90. The van der Waals surface area contributed by atoms with Crippen molar-refractivity contribution in [1.29, 1.82) is 0 Å². The van der Waals surface area contributed by atoms with Gasteiger partial charge >= 0.3 is 5.69 Å². The number of anilines is 3. The van der Waals surface area contributed by atoms with Gasteiger partial charge in [0.1, 0.15) is 6.33 Å². The van der Waals surface area contributed by atoms with E-state index in [1.807, 2.05) is 4.90 Å². The Morgan fingerprint density at radius 3 is 2.49 bits per heavy atom. The van der Waals surface area contributed by atoms with Gasteiger partial charge in [-0.1, -0.05) is 0 Å². The maximum absolute atomic E-state index is 12.0. The Balaban J connectivity index is 1.30. The first-order valence-corrected chi connectivity index (χ1v) is 13.5. The van der Waals surface area contributed by atoms with E-state index >= 15 is 0 Å². The number of nitro groups is 1. The number of H-pyrrole nitrogens is 1. The second-order valence-electron chi connectivity index (χ2n) is 9.30. The minimum absolute atomic E-state index is 0.0613. The molecule has 11 nitrogen and oxygen atoms in total. The van der Waals surface area contributed by atoms with Crippen LogP contribution in [0, 0.1) is 16.0 Å². The van der Waals surface area contributed by atoms with Crippen LogP contribution < -0.4 is 10.2 Å². The Morgan fingerprint density at radius 2 is 1.86 bits per heavy atom. The number of rotatable bonds is 8. The van der Waals surface area contributed by atoms with Gasteiger partial charge in [0.2, 0.25) is 11.6 Å². The molecule has 1 aliphatic carbocycles. The molecule has 184 valence electrons. The molecule has 2 fully saturated rings. The molecule has 2 aromatic heterocycles. The van der Waals surface area contributed by atoms with E-state index in [-0.39, 0.29) is 22.2 Å². The molecule has 3 heterocycles. The quantitative estimate of drug-likeness (QED) is 0.352. The summed E-state index contributed by atoms with van der Waals surface area (Å²) in [5.41, 5.74) is 2.54. The van der Waals surface area contributed by atoms with Gasteiger partial charge in [0.25, 0.3) is 0 Å². The molecule has 0 unspecified atom stereocenters. The highest BCUT2D eigenvalue weighted by atomic mass is 32.2. The lowest BCUT2D eigenvalue weighted by Crippen LogP contribution is -2.34. The van der Waals surface area contributed by atoms with Crippen LogP contribution in [0.3, 0.4) is 0 Å². The number of nitrogens with one attached hydrogen (secondary N) is 2. The molecule has 1 aliphatic heterocycles. The van der Waals surface area contributed by atoms with Crippen molar-refractivity contribution in [2.75, 3.05) is 29.6 Å². The summed E-state index contributed by atoms with van der Waals surface area (Å²) in [6.45, 7) is 1.24. The lowest BCUT2D eigenvalue weighted by Gasteiger charge is -2.31. The third kappa shape index (κ3) is 5.26. The van der Waals surface area contributed by atoms with Crippen LogP contribution in [0.15, 0.2) is 41.6 Å². The average molecular weight is 498 g/mol. The summed E-state index contributed by atoms with van der Waals surface area (Å²) >= 11 is 0. The molecule has 2 aliphatic rings. The fraction of sp³-hybridized carbons (Fsp3) is 0.435. The fourth-order valence-corrected chi connectivity index (χ4v) is 5.13. The van der Waals surface area contributed by atoms with Crippen molar-refractivity contribution in [3.05, 3.63) is 58.2 Å². The Bertz CT molecular complexity index is 1330. The van der Waals surface area contributed by atoms with Gasteiger partial charge in [-0.2, -0.15) is 5.10 Å². The molecule has 35 heavy (non-hydrogen) atoms. The van der Waals surface area contributed by atoms with E-state index in [0.717, 1.165) is 37.1 Å². The van der Waals surface area contributed by atoms with Crippen LogP contribution >= 0.6 is 0 Å². The molecular formula is C23H27N7O4S. The number of hydrogen-bond donors (Lipinski definition) is 2. The summed E-state index contributed by atoms with van der Waals surface area (Å²) in [6, 6.07) is 8.16. The average Bonchev–Trinajstić information content (AvgIpc) is 3.53. The predicted molar refractivity (Wildman–Crippen MR) is 131 cm³/mol. The maximum atomic E-state index is 12.0.